The third-order valence-electron chi connectivity index (χ3n) is 12.0. The molecule has 0 N–H and O–H groups in total. The van der Waals surface area contributed by atoms with Crippen LogP contribution in [0.1, 0.15) is 84.0 Å². The maximum atomic E-state index is 6.25. The minimum Gasteiger partial charge on any atom is -0.657 e. The van der Waals surface area contributed by atoms with Crippen LogP contribution >= 0.6 is 0 Å². The van der Waals surface area contributed by atoms with Crippen molar-refractivity contribution < 1.29 is 19.5 Å². The Morgan fingerprint density at radius 3 is 0.887 bits per heavy atom. The zero-order valence-corrected chi connectivity index (χ0v) is 39.9. The molecule has 5 heteroatoms. The molecule has 9 rings (SSSR count). The van der Waals surface area contributed by atoms with Crippen LogP contribution in [-0.2, 0) is 19.5 Å². The van der Waals surface area contributed by atoms with E-state index in [1.54, 1.807) is 0 Å². The Kier molecular flexibility index (Phi) is 11.0. The fourth-order valence-electron chi connectivity index (χ4n) is 9.90. The number of nitrogens with zero attached hydrogens (tertiary/aromatic N) is 4. The summed E-state index contributed by atoms with van der Waals surface area (Å²) in [7, 11) is 0. The number of hydrogen-bond donors (Lipinski definition) is 0. The van der Waals surface area contributed by atoms with Crippen LogP contribution in [0.2, 0.25) is 0 Å². The molecule has 0 unspecified atom stereocenters. The Labute approximate surface area is 378 Å². The van der Waals surface area contributed by atoms with Gasteiger partial charge in [0.2, 0.25) is 0 Å². The summed E-state index contributed by atoms with van der Waals surface area (Å²) in [6.45, 7) is 19.5. The van der Waals surface area contributed by atoms with Crippen molar-refractivity contribution in [3.8, 4) is 69.2 Å². The van der Waals surface area contributed by atoms with Gasteiger partial charge in [0.25, 0.3) is 0 Å². The fraction of sp³-hybridized carbons (Fsp3) is 0.158. The molecule has 7 aromatic rings. The summed E-state index contributed by atoms with van der Waals surface area (Å²) in [5, 5.41) is 0. The van der Waals surface area contributed by atoms with Gasteiger partial charge >= 0.3 is 19.5 Å². The Bertz CT molecular complexity index is 3210. The van der Waals surface area contributed by atoms with Gasteiger partial charge in [-0.15, -0.1) is 34.9 Å². The average molecular weight is 852 g/mol. The van der Waals surface area contributed by atoms with E-state index in [2.05, 4.69) is 159 Å². The minimum atomic E-state index is 0. The molecule has 0 amide bonds. The Hall–Kier alpha value is -6.78. The first-order chi connectivity index (χ1) is 29.3. The van der Waals surface area contributed by atoms with E-state index in [-0.39, 0.29) is 19.5 Å². The normalized spacial score (nSPS) is 11.7. The van der Waals surface area contributed by atoms with Crippen LogP contribution in [0.25, 0.3) is 90.9 Å². The molecule has 62 heavy (non-hydrogen) atoms. The van der Waals surface area contributed by atoms with E-state index in [4.69, 9.17) is 32.8 Å². The monoisotopic (exact) mass is 850 g/mol. The molecular weight excluding hydrogens is 806 g/mol. The first-order valence-corrected chi connectivity index (χ1v) is 20.7. The molecule has 0 fully saturated rings. The van der Waals surface area contributed by atoms with E-state index in [0.29, 0.717) is 22.3 Å². The van der Waals surface area contributed by atoms with E-state index >= 15 is 0 Å². The zero-order chi connectivity index (χ0) is 42.9. The van der Waals surface area contributed by atoms with Crippen LogP contribution in [0.5, 0.6) is 0 Å². The predicted molar refractivity (Wildman–Crippen MR) is 257 cm³/mol. The standard InChI is InChI=1S/C57H46N4.Zn/c1-12-40-15-14-16-41(13-2)53(40)57-48-23-21-46(60-48)55(51-36(8)27-32(4)28-37(51)9)44-19-17-42(58-44)54(50-34(6)25-31(3)26-35(50)7)43-18-20-45(59-43)56(47-22-24-49(57)61-47)52-38(10)29-33(5)30-39(52)11;/h1-2,14-30H,3-11H3;/q-2;+2. The summed E-state index contributed by atoms with van der Waals surface area (Å²) in [6, 6.07) is 27.6. The molecule has 8 bridgehead atoms. The molecule has 0 aliphatic carbocycles. The SMILES string of the molecule is C#Cc1cccc(C#C)c1-c1c2nc(c(-c3c(C)cc(C)cc3C)c3ccc([n-]3)c(-c3c(C)cc(C)cc3C)c3nc(c(-c4c(C)cc(C)cc4C)c4ccc1[n-]4)C=C3)C=C2.[Zn+2]. The van der Waals surface area contributed by atoms with Crippen LogP contribution in [0.4, 0.5) is 0 Å². The van der Waals surface area contributed by atoms with Crippen LogP contribution in [0, 0.1) is 87.0 Å². The molecule has 0 radical (unpaired) electrons. The molecule has 4 nitrogen and oxygen atoms in total. The van der Waals surface area contributed by atoms with Crippen molar-refractivity contribution in [2.24, 2.45) is 0 Å². The van der Waals surface area contributed by atoms with Gasteiger partial charge in [-0.1, -0.05) is 95.3 Å². The summed E-state index contributed by atoms with van der Waals surface area (Å²) in [6.07, 6.45) is 20.9. The van der Waals surface area contributed by atoms with Gasteiger partial charge in [-0.25, -0.2) is 9.97 Å². The van der Waals surface area contributed by atoms with Crippen molar-refractivity contribution in [2.45, 2.75) is 62.3 Å². The maximum Gasteiger partial charge on any atom is 2.00 e. The Morgan fingerprint density at radius 1 is 0.371 bits per heavy atom. The largest absolute Gasteiger partial charge is 2.00 e. The van der Waals surface area contributed by atoms with Crippen molar-refractivity contribution in [2.75, 3.05) is 0 Å². The van der Waals surface area contributed by atoms with E-state index in [9.17, 15) is 0 Å². The second kappa shape index (κ2) is 16.2. The quantitative estimate of drug-likeness (QED) is 0.131. The van der Waals surface area contributed by atoms with E-state index < -0.39 is 0 Å². The van der Waals surface area contributed by atoms with Crippen LogP contribution in [0.15, 0.2) is 78.9 Å². The smallest absolute Gasteiger partial charge is 0.657 e. The van der Waals surface area contributed by atoms with E-state index in [0.717, 1.165) is 100 Å². The summed E-state index contributed by atoms with van der Waals surface area (Å²) in [4.78, 5) is 22.1. The number of hydrogen-bond acceptors (Lipinski definition) is 2. The van der Waals surface area contributed by atoms with Crippen molar-refractivity contribution in [3.63, 3.8) is 0 Å². The molecule has 4 aromatic carbocycles. The van der Waals surface area contributed by atoms with Gasteiger partial charge in [0.15, 0.2) is 0 Å². The number of fused-ring (bicyclic) bond motifs is 8. The van der Waals surface area contributed by atoms with Gasteiger partial charge < -0.3 is 9.97 Å². The van der Waals surface area contributed by atoms with Gasteiger partial charge in [0.05, 0.1) is 22.8 Å². The molecule has 0 atom stereocenters. The number of rotatable bonds is 4. The van der Waals surface area contributed by atoms with Gasteiger partial charge in [0, 0.05) is 16.7 Å². The van der Waals surface area contributed by atoms with Crippen molar-refractivity contribution >= 4 is 46.4 Å². The molecule has 0 spiro atoms. The zero-order valence-electron chi connectivity index (χ0n) is 37.0. The first kappa shape index (κ1) is 41.9. The van der Waals surface area contributed by atoms with E-state index in [1.165, 1.54) is 27.8 Å². The van der Waals surface area contributed by atoms with Crippen molar-refractivity contribution in [3.05, 3.63) is 163 Å². The van der Waals surface area contributed by atoms with Crippen LogP contribution in [-0.4, -0.2) is 9.97 Å². The molecule has 296 valence electrons. The number of benzene rings is 4. The summed E-state index contributed by atoms with van der Waals surface area (Å²) >= 11 is 0. The minimum absolute atomic E-state index is 0. The predicted octanol–water partition coefficient (Wildman–Crippen LogP) is 13.3. The summed E-state index contributed by atoms with van der Waals surface area (Å²) in [5.74, 6) is 5.85. The Morgan fingerprint density at radius 2 is 0.629 bits per heavy atom. The molecule has 0 saturated heterocycles. The first-order valence-electron chi connectivity index (χ1n) is 20.7. The second-order valence-electron chi connectivity index (χ2n) is 16.7. The average Bonchev–Trinajstić information content (AvgIpc) is 4.05. The Balaban J connectivity index is 0.00000529. The molecular formula is C57H46N4Zn. The molecule has 2 aliphatic rings. The second-order valence-corrected chi connectivity index (χ2v) is 16.7. The van der Waals surface area contributed by atoms with Gasteiger partial charge in [-0.3, -0.25) is 0 Å². The summed E-state index contributed by atoms with van der Waals surface area (Å²) in [5.41, 5.74) is 26.0. The van der Waals surface area contributed by atoms with Crippen LogP contribution in [0.3, 0.4) is 0 Å². The fourth-order valence-corrected chi connectivity index (χ4v) is 9.90. The van der Waals surface area contributed by atoms with Crippen molar-refractivity contribution in [1.29, 1.82) is 0 Å². The van der Waals surface area contributed by atoms with Crippen molar-refractivity contribution in [1.82, 2.24) is 19.9 Å². The van der Waals surface area contributed by atoms with Gasteiger partial charge in [0.1, 0.15) is 0 Å². The van der Waals surface area contributed by atoms with E-state index in [1.807, 2.05) is 18.2 Å². The molecule has 5 heterocycles. The maximum absolute atomic E-state index is 6.25. The van der Waals surface area contributed by atoms with Gasteiger partial charge in [-0.2, -0.15) is 0 Å². The number of aryl methyl sites for hydroxylation is 9. The molecule has 3 aromatic heterocycles. The van der Waals surface area contributed by atoms with Crippen LogP contribution < -0.4 is 9.97 Å². The summed E-state index contributed by atoms with van der Waals surface area (Å²) < 4.78 is 0. The third-order valence-corrected chi connectivity index (χ3v) is 12.0. The molecule has 2 aliphatic heterocycles. The molecule has 0 saturated carbocycles. The number of terminal acetylenes is 2. The number of aromatic nitrogens is 4. The third kappa shape index (κ3) is 7.08. The van der Waals surface area contributed by atoms with Gasteiger partial charge in [-0.05, 0) is 171 Å². The topological polar surface area (TPSA) is 54.0 Å².